The third kappa shape index (κ3) is 11.2. The van der Waals surface area contributed by atoms with E-state index in [0.29, 0.717) is 53.8 Å². The Hall–Kier alpha value is -3.53. The monoisotopic (exact) mass is 628 g/mol. The molecule has 11 heteroatoms. The van der Waals surface area contributed by atoms with Crippen molar-refractivity contribution in [1.29, 1.82) is 0 Å². The minimum Gasteiger partial charge on any atom is -0.369 e. The standard InChI is InChI=1S/C32H42Cl2N6O3/c1-38(2)18-6-17-35-32(43)29-22-27(23-39(29)3)37-31(42)25-8-5-9-26(21-25)36-30(41)10-4-7-24-11-13-28(14-12-24)40(19-15-33)20-16-34/h5,8-9,11-14,21-23H,4,6-7,10,15-20H2,1-3H3,(H,35,43)(H,36,41)(H,37,42). The number of aromatic nitrogens is 1. The van der Waals surface area contributed by atoms with Gasteiger partial charge >= 0.3 is 0 Å². The summed E-state index contributed by atoms with van der Waals surface area (Å²) in [6, 6.07) is 16.7. The zero-order chi connectivity index (χ0) is 31.2. The topological polar surface area (TPSA) is 98.7 Å². The smallest absolute Gasteiger partial charge is 0.267 e. The first-order valence-electron chi connectivity index (χ1n) is 14.5. The van der Waals surface area contributed by atoms with Crippen LogP contribution in [0.3, 0.4) is 0 Å². The van der Waals surface area contributed by atoms with Crippen LogP contribution in [0.15, 0.2) is 60.8 Å². The molecule has 0 fully saturated rings. The first-order valence-corrected chi connectivity index (χ1v) is 15.5. The highest BCUT2D eigenvalue weighted by atomic mass is 35.5. The van der Waals surface area contributed by atoms with Crippen LogP contribution in [0.1, 0.15) is 45.7 Å². The first-order chi connectivity index (χ1) is 20.7. The molecule has 0 spiro atoms. The van der Waals surface area contributed by atoms with Gasteiger partial charge in [0.25, 0.3) is 11.8 Å². The quantitative estimate of drug-likeness (QED) is 0.141. The molecule has 3 rings (SSSR count). The summed E-state index contributed by atoms with van der Waals surface area (Å²) >= 11 is 11.8. The molecule has 3 N–H and O–H groups in total. The van der Waals surface area contributed by atoms with E-state index >= 15 is 0 Å². The summed E-state index contributed by atoms with van der Waals surface area (Å²) in [5.74, 6) is 0.424. The highest BCUT2D eigenvalue weighted by Gasteiger charge is 2.15. The van der Waals surface area contributed by atoms with Crippen LogP contribution in [0, 0.1) is 0 Å². The van der Waals surface area contributed by atoms with Crippen LogP contribution in [0.25, 0.3) is 0 Å². The van der Waals surface area contributed by atoms with E-state index < -0.39 is 0 Å². The molecule has 0 aliphatic rings. The highest BCUT2D eigenvalue weighted by Crippen LogP contribution is 2.19. The largest absolute Gasteiger partial charge is 0.369 e. The summed E-state index contributed by atoms with van der Waals surface area (Å²) < 4.78 is 1.68. The van der Waals surface area contributed by atoms with Crippen LogP contribution in [0.4, 0.5) is 17.1 Å². The van der Waals surface area contributed by atoms with Crippen LogP contribution in [0.2, 0.25) is 0 Å². The number of carbonyl (C=O) groups excluding carboxylic acids is 3. The molecule has 0 radical (unpaired) electrons. The minimum absolute atomic E-state index is 0.117. The summed E-state index contributed by atoms with van der Waals surface area (Å²) in [6.07, 6.45) is 4.36. The first kappa shape index (κ1) is 34.0. The van der Waals surface area contributed by atoms with Crippen molar-refractivity contribution < 1.29 is 14.4 Å². The second-order valence-corrected chi connectivity index (χ2v) is 11.4. The third-order valence-electron chi connectivity index (χ3n) is 6.85. The molecule has 0 saturated carbocycles. The lowest BCUT2D eigenvalue weighted by Gasteiger charge is -2.23. The molecule has 3 aromatic rings. The molecular weight excluding hydrogens is 587 g/mol. The molecule has 43 heavy (non-hydrogen) atoms. The predicted octanol–water partition coefficient (Wildman–Crippen LogP) is 5.20. The maximum absolute atomic E-state index is 12.9. The molecule has 1 heterocycles. The Bertz CT molecular complexity index is 1340. The number of benzene rings is 2. The third-order valence-corrected chi connectivity index (χ3v) is 7.19. The summed E-state index contributed by atoms with van der Waals surface area (Å²) in [4.78, 5) is 42.3. The Morgan fingerprint density at radius 3 is 2.23 bits per heavy atom. The van der Waals surface area contributed by atoms with E-state index in [9.17, 15) is 14.4 Å². The summed E-state index contributed by atoms with van der Waals surface area (Å²) in [5, 5.41) is 8.64. The van der Waals surface area contributed by atoms with E-state index in [-0.39, 0.29) is 17.7 Å². The van der Waals surface area contributed by atoms with Gasteiger partial charge in [0, 0.05) is 68.0 Å². The van der Waals surface area contributed by atoms with Gasteiger partial charge in [-0.15, -0.1) is 23.2 Å². The number of aryl methyl sites for hydroxylation is 2. The molecule has 1 aromatic heterocycles. The van der Waals surface area contributed by atoms with Crippen molar-refractivity contribution in [1.82, 2.24) is 14.8 Å². The van der Waals surface area contributed by atoms with Crippen LogP contribution < -0.4 is 20.9 Å². The maximum atomic E-state index is 12.9. The van der Waals surface area contributed by atoms with Crippen molar-refractivity contribution in [2.24, 2.45) is 7.05 Å². The number of hydrogen-bond acceptors (Lipinski definition) is 5. The number of hydrogen-bond donors (Lipinski definition) is 3. The number of anilines is 3. The van der Waals surface area contributed by atoms with Crippen molar-refractivity contribution in [3.8, 4) is 0 Å². The molecule has 0 atom stereocenters. The average molecular weight is 630 g/mol. The SMILES string of the molecule is CN(C)CCCNC(=O)c1cc(NC(=O)c2cccc(NC(=O)CCCc3ccc(N(CCCl)CCCl)cc3)c2)cn1C. The molecule has 0 saturated heterocycles. The lowest BCUT2D eigenvalue weighted by atomic mass is 10.1. The molecule has 0 aliphatic carbocycles. The average Bonchev–Trinajstić information content (AvgIpc) is 3.35. The van der Waals surface area contributed by atoms with Gasteiger partial charge < -0.3 is 30.3 Å². The second kappa shape index (κ2) is 17.6. The number of rotatable bonds is 17. The van der Waals surface area contributed by atoms with Gasteiger partial charge in [0.2, 0.25) is 5.91 Å². The van der Waals surface area contributed by atoms with Crippen molar-refractivity contribution in [3.63, 3.8) is 0 Å². The Balaban J connectivity index is 1.48. The van der Waals surface area contributed by atoms with Crippen molar-refractivity contribution in [2.45, 2.75) is 25.7 Å². The normalized spacial score (nSPS) is 10.9. The lowest BCUT2D eigenvalue weighted by molar-refractivity contribution is -0.116. The Kier molecular flexibility index (Phi) is 13.9. The van der Waals surface area contributed by atoms with Gasteiger partial charge in [0.05, 0.1) is 5.69 Å². The molecule has 0 bridgehead atoms. The fourth-order valence-corrected chi connectivity index (χ4v) is 5.02. The molecule has 0 unspecified atom stereocenters. The fraction of sp³-hybridized carbons (Fsp3) is 0.406. The Morgan fingerprint density at radius 2 is 1.56 bits per heavy atom. The van der Waals surface area contributed by atoms with Gasteiger partial charge in [-0.3, -0.25) is 14.4 Å². The van der Waals surface area contributed by atoms with Crippen molar-refractivity contribution >= 4 is 58.0 Å². The minimum atomic E-state index is -0.334. The lowest BCUT2D eigenvalue weighted by Crippen LogP contribution is -2.28. The van der Waals surface area contributed by atoms with Crippen LogP contribution in [0.5, 0.6) is 0 Å². The van der Waals surface area contributed by atoms with E-state index in [0.717, 1.165) is 43.7 Å². The number of alkyl halides is 2. The van der Waals surface area contributed by atoms with Crippen molar-refractivity contribution in [2.75, 3.05) is 67.6 Å². The van der Waals surface area contributed by atoms with Gasteiger partial charge in [-0.2, -0.15) is 0 Å². The van der Waals surface area contributed by atoms with E-state index in [1.807, 2.05) is 14.1 Å². The molecular formula is C32H42Cl2N6O3. The Morgan fingerprint density at radius 1 is 0.837 bits per heavy atom. The zero-order valence-corrected chi connectivity index (χ0v) is 26.7. The van der Waals surface area contributed by atoms with E-state index in [1.54, 1.807) is 48.1 Å². The summed E-state index contributed by atoms with van der Waals surface area (Å²) in [6.45, 7) is 2.92. The van der Waals surface area contributed by atoms with Gasteiger partial charge in [0.1, 0.15) is 5.69 Å². The summed E-state index contributed by atoms with van der Waals surface area (Å²) in [7, 11) is 5.74. The number of halogens is 2. The molecule has 2 aromatic carbocycles. The predicted molar refractivity (Wildman–Crippen MR) is 177 cm³/mol. The van der Waals surface area contributed by atoms with Gasteiger partial charge in [-0.05, 0) is 81.9 Å². The number of carbonyl (C=O) groups is 3. The number of nitrogens with one attached hydrogen (secondary N) is 3. The molecule has 9 nitrogen and oxygen atoms in total. The van der Waals surface area contributed by atoms with Gasteiger partial charge in [-0.1, -0.05) is 18.2 Å². The highest BCUT2D eigenvalue weighted by molar-refractivity contribution is 6.18. The fourth-order valence-electron chi connectivity index (χ4n) is 4.61. The van der Waals surface area contributed by atoms with E-state index in [2.05, 4.69) is 50.0 Å². The van der Waals surface area contributed by atoms with Crippen LogP contribution in [-0.4, -0.2) is 79.2 Å². The van der Waals surface area contributed by atoms with Gasteiger partial charge in [0.15, 0.2) is 0 Å². The van der Waals surface area contributed by atoms with Crippen molar-refractivity contribution in [3.05, 3.63) is 77.6 Å². The molecule has 3 amide bonds. The number of nitrogens with zero attached hydrogens (tertiary/aromatic N) is 3. The maximum Gasteiger partial charge on any atom is 0.267 e. The molecule has 232 valence electrons. The van der Waals surface area contributed by atoms with Gasteiger partial charge in [-0.25, -0.2) is 0 Å². The number of amides is 3. The molecule has 0 aliphatic heterocycles. The Labute approximate surface area is 264 Å². The van der Waals surface area contributed by atoms with E-state index in [1.165, 1.54) is 0 Å². The van der Waals surface area contributed by atoms with Crippen LogP contribution in [-0.2, 0) is 18.3 Å². The van der Waals surface area contributed by atoms with Crippen LogP contribution >= 0.6 is 23.2 Å². The van der Waals surface area contributed by atoms with E-state index in [4.69, 9.17) is 23.2 Å². The zero-order valence-electron chi connectivity index (χ0n) is 25.2. The second-order valence-electron chi connectivity index (χ2n) is 10.6. The summed E-state index contributed by atoms with van der Waals surface area (Å²) in [5.41, 5.74) is 4.14.